The average molecular weight is 893 g/mol. The van der Waals surface area contributed by atoms with Gasteiger partial charge in [-0.3, -0.25) is 14.2 Å². The molecule has 0 N–H and O–H groups in total. The molecule has 4 aromatic rings. The highest BCUT2D eigenvalue weighted by atomic mass is 32.1. The summed E-state index contributed by atoms with van der Waals surface area (Å²) in [6, 6.07) is 10.3. The summed E-state index contributed by atoms with van der Waals surface area (Å²) in [6.07, 6.45) is 23.3. The maximum Gasteiger partial charge on any atom is 0.294 e. The van der Waals surface area contributed by atoms with E-state index < -0.39 is 11.2 Å². The van der Waals surface area contributed by atoms with Gasteiger partial charge in [-0.2, -0.15) is 10.5 Å². The number of hydrogen-bond donors (Lipinski definition) is 0. The Morgan fingerprint density at radius 1 is 0.710 bits per heavy atom. The molecule has 10 nitrogen and oxygen atoms in total. The van der Waals surface area contributed by atoms with Gasteiger partial charge in [0.15, 0.2) is 5.57 Å². The minimum absolute atomic E-state index is 0.0275. The summed E-state index contributed by atoms with van der Waals surface area (Å²) in [5, 5.41) is 28.9. The first-order valence-electron chi connectivity index (χ1n) is 21.2. The Hall–Kier alpha value is -5.74. The number of hydrogen-bond acceptors (Lipinski definition) is 11. The van der Waals surface area contributed by atoms with E-state index >= 15 is 0 Å². The molecule has 0 amide bonds. The van der Waals surface area contributed by atoms with Gasteiger partial charge in [-0.15, -0.1) is 45.3 Å². The molecule has 0 aromatic carbocycles. The molecule has 2 atom stereocenters. The number of nitriles is 3. The topological polar surface area (TPSA) is 138 Å². The normalized spacial score (nSPS) is 22.3. The van der Waals surface area contributed by atoms with Crippen molar-refractivity contribution in [3.05, 3.63) is 129 Å². The van der Waals surface area contributed by atoms with E-state index in [0.717, 1.165) is 96.6 Å². The van der Waals surface area contributed by atoms with Crippen molar-refractivity contribution in [3.8, 4) is 18.2 Å². The first kappa shape index (κ1) is 40.3. The van der Waals surface area contributed by atoms with Crippen LogP contribution in [0, 0.1) is 52.4 Å². The Balaban J connectivity index is 1.08. The number of fused-ring (bicyclic) bond motifs is 9. The number of thiophene rings is 2. The number of thiazole rings is 2. The van der Waals surface area contributed by atoms with Gasteiger partial charge < -0.3 is 14.0 Å². The van der Waals surface area contributed by atoms with Crippen LogP contribution in [-0.4, -0.2) is 9.13 Å². The molecule has 6 heterocycles. The fourth-order valence-corrected chi connectivity index (χ4v) is 15.0. The molecule has 2 fully saturated rings. The standard InChI is InChI=1S/C48H40N6O4S4/c1-4-53-43(55)39(61-45(53)29(24-49)25-50)22-30-20-34-41(59-30)32-16-27-19-38-33(17-28(27)18-37(32)57-47(34)12-8-6-9-13-47)42-35(48(58-38)14-10-7-11-15-48)21-31(60-42)23-40-44(56)54(5-2)46(62-40)36(26-51)52-3/h16-23,27-28H,4-15H2,1-2H3/b39-22+,40-23-,46-36+. The largest absolute Gasteiger partial charge is 0.482 e. The van der Waals surface area contributed by atoms with Gasteiger partial charge in [0, 0.05) is 66.7 Å². The fourth-order valence-electron chi connectivity index (χ4n) is 10.2. The monoisotopic (exact) mass is 892 g/mol. The van der Waals surface area contributed by atoms with Gasteiger partial charge in [0.25, 0.3) is 16.8 Å². The first-order valence-corrected chi connectivity index (χ1v) is 24.5. The molecule has 14 heteroatoms. The number of ether oxygens (including phenoxy) is 2. The van der Waals surface area contributed by atoms with Crippen molar-refractivity contribution < 1.29 is 9.47 Å². The number of aromatic nitrogens is 2. The lowest BCUT2D eigenvalue weighted by atomic mass is 9.72. The molecular weight excluding hydrogens is 853 g/mol. The van der Waals surface area contributed by atoms with Crippen molar-refractivity contribution in [1.82, 2.24) is 9.13 Å². The van der Waals surface area contributed by atoms with Gasteiger partial charge in [0.1, 0.15) is 44.2 Å². The first-order chi connectivity index (χ1) is 30.2. The third kappa shape index (κ3) is 6.30. The Labute approximate surface area is 373 Å². The third-order valence-corrected chi connectivity index (χ3v) is 17.6. The van der Waals surface area contributed by atoms with E-state index in [4.69, 9.17) is 16.0 Å². The number of rotatable bonds is 4. The molecule has 4 aromatic heterocycles. The molecule has 310 valence electrons. The number of nitrogens with zero attached hydrogens (tertiary/aromatic N) is 6. The molecule has 2 spiro atoms. The molecule has 10 rings (SSSR count). The zero-order valence-electron chi connectivity index (χ0n) is 34.2. The SMILES string of the molecule is [C-]#[N+]/C(C#N)=c1/s/c(=C\c2cc3c(s2)C2=CC4C=C5OC6(CCCCC6)c6cc(/C=c7/sc(=C(C#N)C#N)n(CC)c7=O)sc6C5=CC4C=C2OC32CCCCC2)c(=O)n1CC. The fraction of sp³-hybridized carbons (Fsp3) is 0.375. The van der Waals surface area contributed by atoms with Gasteiger partial charge in [-0.1, -0.05) is 25.0 Å². The minimum atomic E-state index is -0.465. The van der Waals surface area contributed by atoms with E-state index in [1.54, 1.807) is 22.7 Å². The summed E-state index contributed by atoms with van der Waals surface area (Å²) in [5.74, 6) is 1.85. The third-order valence-electron chi connectivity index (χ3n) is 13.1. The van der Waals surface area contributed by atoms with Crippen molar-refractivity contribution in [2.24, 2.45) is 11.8 Å². The highest BCUT2D eigenvalue weighted by Crippen LogP contribution is 2.58. The Bertz CT molecular complexity index is 3050. The van der Waals surface area contributed by atoms with Crippen molar-refractivity contribution >= 4 is 79.9 Å². The predicted octanol–water partition coefficient (Wildman–Crippen LogP) is 7.58. The Kier molecular flexibility index (Phi) is 10.1. The molecule has 2 aliphatic heterocycles. The second-order valence-corrected chi connectivity index (χ2v) is 20.8. The van der Waals surface area contributed by atoms with Gasteiger partial charge in [0.2, 0.25) is 0 Å². The molecular formula is C48H40N6O4S4. The zero-order chi connectivity index (χ0) is 42.9. The summed E-state index contributed by atoms with van der Waals surface area (Å²) in [4.78, 5) is 34.8. The van der Waals surface area contributed by atoms with Crippen LogP contribution in [0.15, 0.2) is 57.5 Å². The van der Waals surface area contributed by atoms with E-state index in [-0.39, 0.29) is 34.2 Å². The second-order valence-electron chi connectivity index (χ2n) is 16.6. The van der Waals surface area contributed by atoms with E-state index in [2.05, 4.69) is 41.3 Å². The molecule has 0 radical (unpaired) electrons. The van der Waals surface area contributed by atoms with Crippen molar-refractivity contribution in [2.75, 3.05) is 0 Å². The van der Waals surface area contributed by atoms with Crippen LogP contribution < -0.4 is 29.5 Å². The van der Waals surface area contributed by atoms with E-state index in [1.807, 2.05) is 44.2 Å². The smallest absolute Gasteiger partial charge is 0.294 e. The summed E-state index contributed by atoms with van der Waals surface area (Å²) >= 11 is 5.74. The van der Waals surface area contributed by atoms with E-state index in [1.165, 1.54) is 52.7 Å². The quantitative estimate of drug-likeness (QED) is 0.193. The zero-order valence-corrected chi connectivity index (χ0v) is 37.5. The van der Waals surface area contributed by atoms with E-state index in [9.17, 15) is 25.4 Å². The van der Waals surface area contributed by atoms with Crippen molar-refractivity contribution in [3.63, 3.8) is 0 Å². The number of allylic oxidation sites excluding steroid dienone is 6. The lowest BCUT2D eigenvalue weighted by Gasteiger charge is -2.46. The van der Waals surface area contributed by atoms with Crippen molar-refractivity contribution in [2.45, 2.75) is 102 Å². The lowest BCUT2D eigenvalue weighted by molar-refractivity contribution is -0.0339. The van der Waals surface area contributed by atoms with Crippen LogP contribution in [0.5, 0.6) is 0 Å². The average Bonchev–Trinajstić information content (AvgIpc) is 4.06. The summed E-state index contributed by atoms with van der Waals surface area (Å²) in [5.41, 5.74) is 3.03. The summed E-state index contributed by atoms with van der Waals surface area (Å²) in [6.45, 7) is 11.9. The van der Waals surface area contributed by atoms with Crippen LogP contribution in [0.3, 0.4) is 0 Å². The van der Waals surface area contributed by atoms with Crippen LogP contribution in [0.1, 0.15) is 109 Å². The van der Waals surface area contributed by atoms with Crippen molar-refractivity contribution in [1.29, 1.82) is 15.8 Å². The van der Waals surface area contributed by atoms with Gasteiger partial charge >= 0.3 is 0 Å². The molecule has 2 saturated carbocycles. The molecule has 6 aliphatic rings. The van der Waals surface area contributed by atoms with Crippen LogP contribution in [0.4, 0.5) is 0 Å². The molecule has 0 saturated heterocycles. The lowest BCUT2D eigenvalue weighted by Crippen LogP contribution is -2.37. The van der Waals surface area contributed by atoms with Gasteiger partial charge in [-0.05, 0) is 102 Å². The molecule has 2 unspecified atom stereocenters. The Morgan fingerprint density at radius 3 is 1.58 bits per heavy atom. The second kappa shape index (κ2) is 15.6. The maximum absolute atomic E-state index is 13.6. The Morgan fingerprint density at radius 2 is 1.16 bits per heavy atom. The van der Waals surface area contributed by atoms with Crippen LogP contribution in [-0.2, 0) is 33.8 Å². The van der Waals surface area contributed by atoms with Crippen LogP contribution in [0.25, 0.3) is 39.4 Å². The van der Waals surface area contributed by atoms with Gasteiger partial charge in [-0.25, -0.2) is 10.1 Å². The van der Waals surface area contributed by atoms with Crippen LogP contribution in [0.2, 0.25) is 0 Å². The molecule has 4 aliphatic carbocycles. The summed E-state index contributed by atoms with van der Waals surface area (Å²) < 4.78 is 19.2. The highest BCUT2D eigenvalue weighted by Gasteiger charge is 2.48. The summed E-state index contributed by atoms with van der Waals surface area (Å²) in [7, 11) is 0. The highest BCUT2D eigenvalue weighted by molar-refractivity contribution is 7.15. The predicted molar refractivity (Wildman–Crippen MR) is 244 cm³/mol. The van der Waals surface area contributed by atoms with E-state index in [0.29, 0.717) is 31.5 Å². The molecule has 0 bridgehead atoms. The minimum Gasteiger partial charge on any atom is -0.482 e. The van der Waals surface area contributed by atoms with Gasteiger partial charge in [0.05, 0.1) is 21.7 Å². The maximum atomic E-state index is 13.6. The molecule has 62 heavy (non-hydrogen) atoms. The van der Waals surface area contributed by atoms with Crippen LogP contribution >= 0.6 is 45.3 Å².